The number of rotatable bonds is 3. The molecule has 1 fully saturated rings. The molecule has 0 aliphatic carbocycles. The van der Waals surface area contributed by atoms with Gasteiger partial charge in [-0.15, -0.1) is 0 Å². The number of hydrogen-bond acceptors (Lipinski definition) is 6. The van der Waals surface area contributed by atoms with Gasteiger partial charge in [0.05, 0.1) is 16.7 Å². The van der Waals surface area contributed by atoms with Crippen LogP contribution in [0.1, 0.15) is 21.5 Å². The summed E-state index contributed by atoms with van der Waals surface area (Å²) < 4.78 is 32.7. The van der Waals surface area contributed by atoms with Crippen LogP contribution in [0, 0.1) is 11.6 Å². The van der Waals surface area contributed by atoms with Gasteiger partial charge in [0.1, 0.15) is 12.6 Å². The van der Waals surface area contributed by atoms with Crippen molar-refractivity contribution in [1.29, 1.82) is 0 Å². The van der Waals surface area contributed by atoms with E-state index in [9.17, 15) is 18.4 Å². The van der Waals surface area contributed by atoms with Gasteiger partial charge in [-0.25, -0.2) is 18.6 Å². The average Bonchev–Trinajstić information content (AvgIpc) is 3.10. The number of benzene rings is 2. The van der Waals surface area contributed by atoms with E-state index in [1.165, 1.54) is 0 Å². The first kappa shape index (κ1) is 19.3. The van der Waals surface area contributed by atoms with Crippen molar-refractivity contribution in [2.45, 2.75) is 6.10 Å². The molecule has 10 heteroatoms. The third-order valence-electron chi connectivity index (χ3n) is 5.28. The first-order valence-corrected chi connectivity index (χ1v) is 9.61. The van der Waals surface area contributed by atoms with Crippen LogP contribution in [0.25, 0.3) is 11.0 Å². The fraction of sp³-hybridized carbons (Fsp3) is 0.238. The highest BCUT2D eigenvalue weighted by atomic mass is 19.2. The molecule has 8 nitrogen and oxygen atoms in total. The normalized spacial score (nSPS) is 16.6. The highest BCUT2D eigenvalue weighted by Crippen LogP contribution is 2.25. The van der Waals surface area contributed by atoms with Crippen molar-refractivity contribution >= 4 is 34.6 Å². The smallest absolute Gasteiger partial charge is 0.414 e. The highest BCUT2D eigenvalue weighted by Gasteiger charge is 2.27. The van der Waals surface area contributed by atoms with Crippen LogP contribution in [0.2, 0.25) is 0 Å². The number of ether oxygens (including phenoxy) is 1. The standard InChI is InChI=1S/C21H17F2N5O3/c1-28-8-11(9-28)31-21(30)27-20-25-16-3-2-10(4-17(16)26-20)19-13-6-15(23)14(22)5-12(13)18(29)7-24-19/h2-6,11H,7-9H2,1H3,(H2,25,26,27,30). The molecule has 0 bridgehead atoms. The Morgan fingerprint density at radius 2 is 1.94 bits per heavy atom. The zero-order valence-electron chi connectivity index (χ0n) is 16.4. The number of aliphatic imine (C=N–C) groups is 1. The lowest BCUT2D eigenvalue weighted by molar-refractivity contribution is 0.00676. The van der Waals surface area contributed by atoms with Crippen LogP contribution in [-0.2, 0) is 4.74 Å². The van der Waals surface area contributed by atoms with Crippen LogP contribution in [0.3, 0.4) is 0 Å². The summed E-state index contributed by atoms with van der Waals surface area (Å²) in [6.07, 6.45) is -0.739. The number of carbonyl (C=O) groups is 2. The second-order valence-electron chi connectivity index (χ2n) is 7.59. The fourth-order valence-electron chi connectivity index (χ4n) is 3.75. The van der Waals surface area contributed by atoms with Gasteiger partial charge in [-0.2, -0.15) is 0 Å². The lowest BCUT2D eigenvalue weighted by atomic mass is 9.92. The molecule has 5 rings (SSSR count). The second kappa shape index (κ2) is 7.24. The molecule has 2 aliphatic rings. The summed E-state index contributed by atoms with van der Waals surface area (Å²) in [5, 5.41) is 2.57. The lowest BCUT2D eigenvalue weighted by Crippen LogP contribution is -2.50. The second-order valence-corrected chi connectivity index (χ2v) is 7.59. The fourth-order valence-corrected chi connectivity index (χ4v) is 3.75. The zero-order chi connectivity index (χ0) is 21.7. The Morgan fingerprint density at radius 3 is 2.68 bits per heavy atom. The number of likely N-dealkylation sites (N-methyl/N-ethyl adjacent to an activating group) is 1. The quantitative estimate of drug-likeness (QED) is 0.672. The predicted molar refractivity (Wildman–Crippen MR) is 109 cm³/mol. The molecule has 0 saturated carbocycles. The first-order chi connectivity index (χ1) is 14.9. The molecule has 3 heterocycles. The van der Waals surface area contributed by atoms with Crippen molar-refractivity contribution in [3.63, 3.8) is 0 Å². The number of amides is 1. The molecule has 2 N–H and O–H groups in total. The minimum atomic E-state index is -1.08. The topological polar surface area (TPSA) is 99.7 Å². The van der Waals surface area contributed by atoms with Gasteiger partial charge in [0.25, 0.3) is 0 Å². The maximum atomic E-state index is 13.8. The van der Waals surface area contributed by atoms with Crippen molar-refractivity contribution < 1.29 is 23.1 Å². The molecule has 3 aromatic rings. The zero-order valence-corrected chi connectivity index (χ0v) is 16.4. The number of fused-ring (bicyclic) bond motifs is 2. The van der Waals surface area contributed by atoms with Gasteiger partial charge >= 0.3 is 6.09 Å². The van der Waals surface area contributed by atoms with E-state index in [2.05, 4.69) is 20.3 Å². The van der Waals surface area contributed by atoms with E-state index >= 15 is 0 Å². The van der Waals surface area contributed by atoms with Gasteiger partial charge in [-0.05, 0) is 31.3 Å². The van der Waals surface area contributed by atoms with E-state index in [0.717, 1.165) is 12.1 Å². The summed E-state index contributed by atoms with van der Waals surface area (Å²) in [7, 11) is 1.93. The van der Waals surface area contributed by atoms with Gasteiger partial charge in [0.15, 0.2) is 17.4 Å². The molecule has 1 amide bonds. The van der Waals surface area contributed by atoms with Crippen molar-refractivity contribution in [1.82, 2.24) is 14.9 Å². The summed E-state index contributed by atoms with van der Waals surface area (Å²) in [6, 6.07) is 7.04. The minimum absolute atomic E-state index is 0.0975. The molecule has 1 aromatic heterocycles. The van der Waals surface area contributed by atoms with Crippen LogP contribution in [0.5, 0.6) is 0 Å². The SMILES string of the molecule is CN1CC(OC(=O)Nc2nc3ccc(C4=NCC(=O)c5cc(F)c(F)cc54)cc3[nH]2)C1. The van der Waals surface area contributed by atoms with Crippen LogP contribution in [0.4, 0.5) is 19.5 Å². The maximum absolute atomic E-state index is 13.8. The number of nitrogens with one attached hydrogen (secondary N) is 2. The molecule has 0 unspecified atom stereocenters. The van der Waals surface area contributed by atoms with E-state index in [4.69, 9.17) is 4.74 Å². The van der Waals surface area contributed by atoms with Crippen molar-refractivity contribution in [2.24, 2.45) is 4.99 Å². The van der Waals surface area contributed by atoms with Crippen molar-refractivity contribution in [3.8, 4) is 0 Å². The number of halogens is 2. The van der Waals surface area contributed by atoms with Crippen LogP contribution >= 0.6 is 0 Å². The van der Waals surface area contributed by atoms with Gasteiger partial charge in [-0.3, -0.25) is 20.0 Å². The van der Waals surface area contributed by atoms with Crippen LogP contribution in [0.15, 0.2) is 35.3 Å². The number of nitrogens with zero attached hydrogens (tertiary/aromatic N) is 3. The number of Topliss-reactive ketones (excluding diaryl/α,β-unsaturated/α-hetero) is 1. The molecule has 2 aliphatic heterocycles. The molecule has 0 radical (unpaired) electrons. The summed E-state index contributed by atoms with van der Waals surface area (Å²) in [5.41, 5.74) is 2.50. The van der Waals surface area contributed by atoms with E-state index in [1.54, 1.807) is 18.2 Å². The summed E-state index contributed by atoms with van der Waals surface area (Å²) >= 11 is 0. The number of H-pyrrole nitrogens is 1. The Kier molecular flexibility index (Phi) is 4.51. The Morgan fingerprint density at radius 1 is 1.19 bits per heavy atom. The maximum Gasteiger partial charge on any atom is 0.414 e. The molecule has 2 aromatic carbocycles. The monoisotopic (exact) mass is 425 g/mol. The molecular formula is C21H17F2N5O3. The van der Waals surface area contributed by atoms with Gasteiger partial charge in [-0.1, -0.05) is 6.07 Å². The van der Waals surface area contributed by atoms with E-state index < -0.39 is 17.7 Å². The van der Waals surface area contributed by atoms with Crippen LogP contribution < -0.4 is 5.32 Å². The summed E-state index contributed by atoms with van der Waals surface area (Å²) in [6.45, 7) is 1.23. The molecule has 31 heavy (non-hydrogen) atoms. The molecular weight excluding hydrogens is 408 g/mol. The van der Waals surface area contributed by atoms with E-state index in [1.807, 2.05) is 11.9 Å². The van der Waals surface area contributed by atoms with Gasteiger partial charge in [0, 0.05) is 29.8 Å². The van der Waals surface area contributed by atoms with Gasteiger partial charge < -0.3 is 9.72 Å². The van der Waals surface area contributed by atoms with Crippen LogP contribution in [-0.4, -0.2) is 65.2 Å². The number of anilines is 1. The summed E-state index contributed by atoms with van der Waals surface area (Å²) in [4.78, 5) is 37.7. The Labute approximate surface area is 174 Å². The molecule has 1 saturated heterocycles. The molecule has 0 spiro atoms. The lowest BCUT2D eigenvalue weighted by Gasteiger charge is -2.34. The Hall–Kier alpha value is -3.66. The largest absolute Gasteiger partial charge is 0.443 e. The van der Waals surface area contributed by atoms with E-state index in [-0.39, 0.29) is 35.5 Å². The number of aromatic nitrogens is 2. The molecule has 0 atom stereocenters. The third-order valence-corrected chi connectivity index (χ3v) is 5.28. The highest BCUT2D eigenvalue weighted by molar-refractivity contribution is 6.22. The van der Waals surface area contributed by atoms with Crippen molar-refractivity contribution in [2.75, 3.05) is 32.0 Å². The number of ketones is 1. The average molecular weight is 425 g/mol. The Bertz CT molecular complexity index is 1260. The number of likely N-dealkylation sites (tertiary alicyclic amines) is 1. The van der Waals surface area contributed by atoms with Crippen molar-refractivity contribution in [3.05, 3.63) is 58.7 Å². The number of imidazole rings is 1. The predicted octanol–water partition coefficient (Wildman–Crippen LogP) is 2.74. The summed E-state index contributed by atoms with van der Waals surface area (Å²) in [5.74, 6) is -2.28. The Balaban J connectivity index is 1.41. The molecule has 158 valence electrons. The van der Waals surface area contributed by atoms with Gasteiger partial charge in [0.2, 0.25) is 5.95 Å². The third kappa shape index (κ3) is 3.55. The number of hydrogen-bond donors (Lipinski definition) is 2. The minimum Gasteiger partial charge on any atom is -0.443 e. The first-order valence-electron chi connectivity index (χ1n) is 9.61. The van der Waals surface area contributed by atoms with E-state index in [0.29, 0.717) is 35.4 Å². The number of aromatic amines is 1. The number of carbonyl (C=O) groups excluding carboxylic acids is 2.